The number of nitrogens with two attached hydrogens (primary N) is 1. The second kappa shape index (κ2) is 7.03. The molecule has 2 rings (SSSR count). The largest absolute Gasteiger partial charge is 0.480 e. The summed E-state index contributed by atoms with van der Waals surface area (Å²) >= 11 is 0. The molecule has 126 valence electrons. The number of para-hydroxylation sites is 1. The van der Waals surface area contributed by atoms with E-state index in [2.05, 4.69) is 5.32 Å². The first kappa shape index (κ1) is 17.3. The summed E-state index contributed by atoms with van der Waals surface area (Å²) < 4.78 is 44.9. The number of amides is 2. The van der Waals surface area contributed by atoms with Gasteiger partial charge in [0.2, 0.25) is 0 Å². The monoisotopic (exact) mass is 338 g/mol. The Labute approximate surface area is 135 Å². The number of carbonyl (C=O) groups is 2. The van der Waals surface area contributed by atoms with E-state index >= 15 is 0 Å². The summed E-state index contributed by atoms with van der Waals surface area (Å²) in [7, 11) is 0. The lowest BCUT2D eigenvalue weighted by Gasteiger charge is -2.16. The van der Waals surface area contributed by atoms with Crippen LogP contribution in [-0.4, -0.2) is 17.9 Å². The number of primary amides is 1. The molecule has 0 saturated carbocycles. The van der Waals surface area contributed by atoms with Crippen LogP contribution in [0.15, 0.2) is 36.4 Å². The lowest BCUT2D eigenvalue weighted by molar-refractivity contribution is -0.122. The molecule has 5 nitrogen and oxygen atoms in total. The number of hydrogen-bond acceptors (Lipinski definition) is 3. The van der Waals surface area contributed by atoms with Gasteiger partial charge in [-0.3, -0.25) is 9.59 Å². The predicted octanol–water partition coefficient (Wildman–Crippen LogP) is 2.61. The number of hydrogen-bond donors (Lipinski definition) is 2. The SMILES string of the molecule is C[C@@H](Oc1ccccc1C(N)=O)C(=O)Nc1ccc(F)c(F)c1F. The lowest BCUT2D eigenvalue weighted by Crippen LogP contribution is -2.31. The first-order chi connectivity index (χ1) is 11.3. The topological polar surface area (TPSA) is 81.4 Å². The highest BCUT2D eigenvalue weighted by atomic mass is 19.2. The molecule has 0 bridgehead atoms. The maximum absolute atomic E-state index is 13.6. The molecule has 24 heavy (non-hydrogen) atoms. The standard InChI is InChI=1S/C16H13F3N2O3/c1-8(24-12-5-3-2-4-9(12)15(20)22)16(23)21-11-7-6-10(17)13(18)14(11)19/h2-8H,1H3,(H2,20,22)(H,21,23)/t8-/m1/s1. The van der Waals surface area contributed by atoms with Gasteiger partial charge in [0.15, 0.2) is 23.6 Å². The maximum Gasteiger partial charge on any atom is 0.265 e. The number of nitrogens with one attached hydrogen (secondary N) is 1. The normalized spacial score (nSPS) is 11.7. The van der Waals surface area contributed by atoms with Crippen molar-refractivity contribution in [2.75, 3.05) is 5.32 Å². The molecular formula is C16H13F3N2O3. The summed E-state index contributed by atoms with van der Waals surface area (Å²) in [5.41, 5.74) is 4.73. The fraction of sp³-hybridized carbons (Fsp3) is 0.125. The minimum Gasteiger partial charge on any atom is -0.480 e. The third-order valence-electron chi connectivity index (χ3n) is 3.12. The van der Waals surface area contributed by atoms with Crippen LogP contribution in [0.4, 0.5) is 18.9 Å². The van der Waals surface area contributed by atoms with E-state index in [-0.39, 0.29) is 11.3 Å². The van der Waals surface area contributed by atoms with Crippen LogP contribution in [-0.2, 0) is 4.79 Å². The smallest absolute Gasteiger partial charge is 0.265 e. The second-order valence-electron chi connectivity index (χ2n) is 4.83. The highest BCUT2D eigenvalue weighted by Crippen LogP contribution is 2.21. The van der Waals surface area contributed by atoms with Crippen molar-refractivity contribution in [3.05, 3.63) is 59.4 Å². The Kier molecular flexibility index (Phi) is 5.08. The second-order valence-corrected chi connectivity index (χ2v) is 4.83. The van der Waals surface area contributed by atoms with E-state index in [0.717, 1.165) is 6.07 Å². The first-order valence-corrected chi connectivity index (χ1v) is 6.81. The van der Waals surface area contributed by atoms with E-state index in [9.17, 15) is 22.8 Å². The van der Waals surface area contributed by atoms with Crippen molar-refractivity contribution in [2.45, 2.75) is 13.0 Å². The zero-order chi connectivity index (χ0) is 17.9. The molecule has 2 amide bonds. The molecule has 2 aromatic rings. The Balaban J connectivity index is 2.14. The Bertz CT molecular complexity index is 796. The summed E-state index contributed by atoms with van der Waals surface area (Å²) in [6.45, 7) is 1.34. The third kappa shape index (κ3) is 3.65. The molecule has 0 aliphatic rings. The highest BCUT2D eigenvalue weighted by molar-refractivity contribution is 5.96. The zero-order valence-electron chi connectivity index (χ0n) is 12.5. The van der Waals surface area contributed by atoms with Crippen molar-refractivity contribution < 1.29 is 27.5 Å². The number of anilines is 1. The molecule has 0 aliphatic heterocycles. The van der Waals surface area contributed by atoms with Gasteiger partial charge in [-0.1, -0.05) is 12.1 Å². The molecule has 0 radical (unpaired) electrons. The average Bonchev–Trinajstić information content (AvgIpc) is 2.55. The number of carbonyl (C=O) groups excluding carboxylic acids is 2. The molecule has 2 aromatic carbocycles. The first-order valence-electron chi connectivity index (χ1n) is 6.81. The van der Waals surface area contributed by atoms with E-state index in [4.69, 9.17) is 10.5 Å². The van der Waals surface area contributed by atoms with Crippen LogP contribution in [0.1, 0.15) is 17.3 Å². The maximum atomic E-state index is 13.6. The van der Waals surface area contributed by atoms with Crippen molar-refractivity contribution in [3.63, 3.8) is 0 Å². The van der Waals surface area contributed by atoms with Crippen molar-refractivity contribution in [1.82, 2.24) is 0 Å². The summed E-state index contributed by atoms with van der Waals surface area (Å²) in [6, 6.07) is 7.55. The van der Waals surface area contributed by atoms with Crippen molar-refractivity contribution >= 4 is 17.5 Å². The van der Waals surface area contributed by atoms with E-state index < -0.39 is 41.1 Å². The van der Waals surface area contributed by atoms with Crippen LogP contribution in [0.25, 0.3) is 0 Å². The van der Waals surface area contributed by atoms with Gasteiger partial charge in [-0.15, -0.1) is 0 Å². The molecule has 0 spiro atoms. The number of ether oxygens (including phenoxy) is 1. The Morgan fingerprint density at radius 2 is 1.75 bits per heavy atom. The fourth-order valence-corrected chi connectivity index (χ4v) is 1.87. The van der Waals surface area contributed by atoms with Gasteiger partial charge in [0.05, 0.1) is 11.3 Å². The average molecular weight is 338 g/mol. The Hall–Kier alpha value is -3.03. The number of rotatable bonds is 5. The van der Waals surface area contributed by atoms with Crippen LogP contribution in [0.5, 0.6) is 5.75 Å². The van der Waals surface area contributed by atoms with Crippen LogP contribution in [0, 0.1) is 17.5 Å². The third-order valence-corrected chi connectivity index (χ3v) is 3.12. The van der Waals surface area contributed by atoms with E-state index in [1.54, 1.807) is 12.1 Å². The molecule has 0 aliphatic carbocycles. The van der Waals surface area contributed by atoms with E-state index in [1.165, 1.54) is 19.1 Å². The Morgan fingerprint density at radius 1 is 1.08 bits per heavy atom. The molecule has 0 fully saturated rings. The fourth-order valence-electron chi connectivity index (χ4n) is 1.87. The minimum absolute atomic E-state index is 0.0659. The van der Waals surface area contributed by atoms with Gasteiger partial charge in [-0.2, -0.15) is 0 Å². The highest BCUT2D eigenvalue weighted by Gasteiger charge is 2.21. The number of halogens is 3. The van der Waals surface area contributed by atoms with Crippen molar-refractivity contribution in [3.8, 4) is 5.75 Å². The Morgan fingerprint density at radius 3 is 2.42 bits per heavy atom. The van der Waals surface area contributed by atoms with Gasteiger partial charge in [-0.25, -0.2) is 13.2 Å². The molecule has 0 heterocycles. The predicted molar refractivity (Wildman–Crippen MR) is 80.0 cm³/mol. The molecular weight excluding hydrogens is 325 g/mol. The van der Waals surface area contributed by atoms with E-state index in [1.807, 2.05) is 0 Å². The molecule has 8 heteroatoms. The van der Waals surface area contributed by atoms with Crippen LogP contribution in [0.3, 0.4) is 0 Å². The van der Waals surface area contributed by atoms with Gasteiger partial charge in [-0.05, 0) is 31.2 Å². The molecule has 0 saturated heterocycles. The van der Waals surface area contributed by atoms with Gasteiger partial charge < -0.3 is 15.8 Å². The van der Waals surface area contributed by atoms with Crippen LogP contribution < -0.4 is 15.8 Å². The van der Waals surface area contributed by atoms with Gasteiger partial charge in [0.1, 0.15) is 5.75 Å². The van der Waals surface area contributed by atoms with Gasteiger partial charge in [0, 0.05) is 0 Å². The summed E-state index contributed by atoms with van der Waals surface area (Å²) in [4.78, 5) is 23.3. The van der Waals surface area contributed by atoms with Gasteiger partial charge in [0.25, 0.3) is 11.8 Å². The van der Waals surface area contributed by atoms with Crippen LogP contribution >= 0.6 is 0 Å². The summed E-state index contributed by atoms with van der Waals surface area (Å²) in [6.07, 6.45) is -1.15. The van der Waals surface area contributed by atoms with Crippen LogP contribution in [0.2, 0.25) is 0 Å². The quantitative estimate of drug-likeness (QED) is 0.822. The summed E-state index contributed by atoms with van der Waals surface area (Å²) in [5, 5.41) is 2.09. The summed E-state index contributed by atoms with van der Waals surface area (Å²) in [5.74, 6) is -6.08. The molecule has 1 atom stereocenters. The molecule has 0 aromatic heterocycles. The minimum atomic E-state index is -1.69. The van der Waals surface area contributed by atoms with Crippen molar-refractivity contribution in [1.29, 1.82) is 0 Å². The molecule has 0 unspecified atom stereocenters. The lowest BCUT2D eigenvalue weighted by atomic mass is 10.2. The molecule has 3 N–H and O–H groups in total. The van der Waals surface area contributed by atoms with E-state index in [0.29, 0.717) is 6.07 Å². The zero-order valence-corrected chi connectivity index (χ0v) is 12.5. The van der Waals surface area contributed by atoms with Gasteiger partial charge >= 0.3 is 0 Å². The van der Waals surface area contributed by atoms with Crippen molar-refractivity contribution in [2.24, 2.45) is 5.73 Å². The number of benzene rings is 2.